The average Bonchev–Trinajstić information content (AvgIpc) is 3.39. The molecule has 8 nitrogen and oxygen atoms in total. The highest BCUT2D eigenvalue weighted by atomic mass is 32.1. The van der Waals surface area contributed by atoms with Gasteiger partial charge >= 0.3 is 5.97 Å². The molecule has 34 heavy (non-hydrogen) atoms. The molecular weight excluding hydrogens is 452 g/mol. The number of allylic oxidation sites excluding steroid dienone is 1. The van der Waals surface area contributed by atoms with E-state index < -0.39 is 12.0 Å². The van der Waals surface area contributed by atoms with Crippen molar-refractivity contribution in [3.63, 3.8) is 0 Å². The summed E-state index contributed by atoms with van der Waals surface area (Å²) in [7, 11) is 1.56. The van der Waals surface area contributed by atoms with Gasteiger partial charge in [-0.1, -0.05) is 29.5 Å². The Kier molecular flexibility index (Phi) is 5.62. The third-order valence-electron chi connectivity index (χ3n) is 5.72. The molecular formula is C25H22N4O4S. The van der Waals surface area contributed by atoms with Crippen LogP contribution in [0.5, 0.6) is 5.75 Å². The first-order valence-electron chi connectivity index (χ1n) is 10.8. The van der Waals surface area contributed by atoms with Crippen molar-refractivity contribution in [1.82, 2.24) is 14.5 Å². The van der Waals surface area contributed by atoms with Gasteiger partial charge in [0.05, 0.1) is 29.5 Å². The van der Waals surface area contributed by atoms with Gasteiger partial charge in [-0.25, -0.2) is 14.8 Å². The zero-order valence-electron chi connectivity index (χ0n) is 18.9. The molecule has 0 amide bonds. The molecule has 3 aromatic heterocycles. The fraction of sp³-hybridized carbons (Fsp3) is 0.200. The number of carbonyl (C=O) groups is 1. The van der Waals surface area contributed by atoms with Crippen LogP contribution in [0.1, 0.15) is 31.0 Å². The molecule has 1 aromatic carbocycles. The Bertz CT molecular complexity index is 1630. The Labute approximate surface area is 198 Å². The Morgan fingerprint density at radius 3 is 2.88 bits per heavy atom. The van der Waals surface area contributed by atoms with Crippen molar-refractivity contribution in [2.24, 2.45) is 4.99 Å². The van der Waals surface area contributed by atoms with Crippen molar-refractivity contribution < 1.29 is 14.3 Å². The van der Waals surface area contributed by atoms with Gasteiger partial charge in [0.15, 0.2) is 4.80 Å². The van der Waals surface area contributed by atoms with Crippen LogP contribution in [0.25, 0.3) is 17.1 Å². The van der Waals surface area contributed by atoms with Crippen molar-refractivity contribution >= 4 is 34.4 Å². The lowest BCUT2D eigenvalue weighted by Crippen LogP contribution is -2.40. The zero-order chi connectivity index (χ0) is 23.8. The number of ether oxygens (including phenoxy) is 2. The molecule has 4 aromatic rings. The fourth-order valence-corrected chi connectivity index (χ4v) is 5.25. The lowest BCUT2D eigenvalue weighted by atomic mass is 9.95. The van der Waals surface area contributed by atoms with Crippen LogP contribution in [0, 0.1) is 0 Å². The van der Waals surface area contributed by atoms with Gasteiger partial charge in [-0.05, 0) is 38.1 Å². The van der Waals surface area contributed by atoms with Gasteiger partial charge in [-0.2, -0.15) is 0 Å². The molecule has 172 valence electrons. The van der Waals surface area contributed by atoms with Crippen LogP contribution in [0.3, 0.4) is 0 Å². The van der Waals surface area contributed by atoms with Crippen molar-refractivity contribution in [1.29, 1.82) is 0 Å². The number of nitrogens with one attached hydrogen (secondary N) is 1. The predicted molar refractivity (Wildman–Crippen MR) is 129 cm³/mol. The number of H-pyrrole nitrogens is 1. The van der Waals surface area contributed by atoms with E-state index in [-0.39, 0.29) is 12.2 Å². The van der Waals surface area contributed by atoms with E-state index in [1.807, 2.05) is 48.7 Å². The largest absolute Gasteiger partial charge is 0.496 e. The molecule has 4 heterocycles. The van der Waals surface area contributed by atoms with Gasteiger partial charge in [0.1, 0.15) is 17.4 Å². The van der Waals surface area contributed by atoms with Crippen LogP contribution in [-0.4, -0.2) is 34.2 Å². The number of benzene rings is 1. The second kappa shape index (κ2) is 8.75. The summed E-state index contributed by atoms with van der Waals surface area (Å²) in [6.07, 6.45) is 5.36. The summed E-state index contributed by atoms with van der Waals surface area (Å²) >= 11 is 1.28. The van der Waals surface area contributed by atoms with E-state index >= 15 is 0 Å². The summed E-state index contributed by atoms with van der Waals surface area (Å²) < 4.78 is 13.0. The average molecular weight is 475 g/mol. The van der Waals surface area contributed by atoms with E-state index in [1.54, 1.807) is 31.7 Å². The summed E-state index contributed by atoms with van der Waals surface area (Å²) in [6, 6.07) is 10.4. The molecule has 1 aliphatic rings. The fourth-order valence-electron chi connectivity index (χ4n) is 4.22. The quantitative estimate of drug-likeness (QED) is 0.449. The van der Waals surface area contributed by atoms with Crippen LogP contribution in [-0.2, 0) is 9.53 Å². The van der Waals surface area contributed by atoms with E-state index in [9.17, 15) is 9.59 Å². The van der Waals surface area contributed by atoms with E-state index in [2.05, 4.69) is 15.0 Å². The number of hydrogen-bond donors (Lipinski definition) is 1. The molecule has 0 saturated heterocycles. The second-order valence-electron chi connectivity index (χ2n) is 7.69. The number of para-hydroxylation sites is 1. The SMILES string of the molecule is CCOC(=O)C1=C(C)N=c2s/c(=C\c3c[nH]c4ncccc34)c(=O)n2C1c1ccccc1OC. The minimum Gasteiger partial charge on any atom is -0.496 e. The van der Waals surface area contributed by atoms with E-state index in [1.165, 1.54) is 11.3 Å². The van der Waals surface area contributed by atoms with Crippen LogP contribution < -0.4 is 19.6 Å². The number of hydrogen-bond acceptors (Lipinski definition) is 7. The molecule has 5 rings (SSSR count). The molecule has 9 heteroatoms. The van der Waals surface area contributed by atoms with Crippen LogP contribution >= 0.6 is 11.3 Å². The number of nitrogens with zero attached hydrogens (tertiary/aromatic N) is 3. The number of methoxy groups -OCH3 is 1. The van der Waals surface area contributed by atoms with Crippen molar-refractivity contribution in [3.05, 3.63) is 90.9 Å². The molecule has 0 spiro atoms. The van der Waals surface area contributed by atoms with Crippen LogP contribution in [0.4, 0.5) is 0 Å². The summed E-state index contributed by atoms with van der Waals surface area (Å²) in [5.41, 5.74) is 2.87. The molecule has 1 unspecified atom stereocenters. The van der Waals surface area contributed by atoms with Crippen LogP contribution in [0.15, 0.2) is 69.8 Å². The lowest BCUT2D eigenvalue weighted by Gasteiger charge is -2.25. The van der Waals surface area contributed by atoms with Gasteiger partial charge in [-0.3, -0.25) is 9.36 Å². The Balaban J connectivity index is 1.77. The maximum Gasteiger partial charge on any atom is 0.338 e. The number of aromatic amines is 1. The maximum absolute atomic E-state index is 13.7. The first-order valence-corrected chi connectivity index (χ1v) is 11.6. The molecule has 0 fully saturated rings. The molecule has 1 N–H and O–H groups in total. The zero-order valence-corrected chi connectivity index (χ0v) is 19.7. The number of fused-ring (bicyclic) bond motifs is 2. The van der Waals surface area contributed by atoms with Gasteiger partial charge in [0.25, 0.3) is 5.56 Å². The highest BCUT2D eigenvalue weighted by Crippen LogP contribution is 2.35. The van der Waals surface area contributed by atoms with Gasteiger partial charge < -0.3 is 14.5 Å². The molecule has 0 saturated carbocycles. The van der Waals surface area contributed by atoms with Gasteiger partial charge in [0.2, 0.25) is 0 Å². The number of esters is 1. The van der Waals surface area contributed by atoms with Gasteiger partial charge in [-0.15, -0.1) is 0 Å². The van der Waals surface area contributed by atoms with E-state index in [0.717, 1.165) is 16.6 Å². The third kappa shape index (κ3) is 3.54. The Morgan fingerprint density at radius 1 is 1.26 bits per heavy atom. The van der Waals surface area contributed by atoms with Crippen molar-refractivity contribution in [2.45, 2.75) is 19.9 Å². The van der Waals surface area contributed by atoms with Crippen molar-refractivity contribution in [3.8, 4) is 5.75 Å². The number of aromatic nitrogens is 3. The third-order valence-corrected chi connectivity index (χ3v) is 6.70. The monoisotopic (exact) mass is 474 g/mol. The summed E-state index contributed by atoms with van der Waals surface area (Å²) in [5, 5.41) is 0.915. The summed E-state index contributed by atoms with van der Waals surface area (Å²) in [6.45, 7) is 3.72. The van der Waals surface area contributed by atoms with Gasteiger partial charge in [0, 0.05) is 28.9 Å². The number of pyridine rings is 1. The molecule has 1 aliphatic heterocycles. The predicted octanol–water partition coefficient (Wildman–Crippen LogP) is 2.68. The molecule has 0 bridgehead atoms. The van der Waals surface area contributed by atoms with Crippen LogP contribution in [0.2, 0.25) is 0 Å². The number of thiazole rings is 1. The van der Waals surface area contributed by atoms with Crippen molar-refractivity contribution in [2.75, 3.05) is 13.7 Å². The first kappa shape index (κ1) is 21.8. The minimum atomic E-state index is -0.724. The van der Waals surface area contributed by atoms with E-state index in [4.69, 9.17) is 9.47 Å². The number of carbonyl (C=O) groups excluding carboxylic acids is 1. The lowest BCUT2D eigenvalue weighted by molar-refractivity contribution is -0.139. The first-order chi connectivity index (χ1) is 16.5. The molecule has 0 radical (unpaired) electrons. The topological polar surface area (TPSA) is 98.6 Å². The molecule has 1 atom stereocenters. The summed E-state index contributed by atoms with van der Waals surface area (Å²) in [4.78, 5) is 39.3. The Morgan fingerprint density at radius 2 is 2.09 bits per heavy atom. The number of rotatable bonds is 5. The smallest absolute Gasteiger partial charge is 0.338 e. The highest BCUT2D eigenvalue weighted by molar-refractivity contribution is 7.07. The maximum atomic E-state index is 13.7. The summed E-state index contributed by atoms with van der Waals surface area (Å²) in [5.74, 6) is 0.0675. The second-order valence-corrected chi connectivity index (χ2v) is 8.70. The standard InChI is InChI=1S/C25H22N4O4S/c1-4-33-24(31)20-14(2)28-25-29(21(20)17-8-5-6-10-18(17)32-3)23(30)19(34-25)12-15-13-27-22-16(15)9-7-11-26-22/h5-13,21H,4H2,1-3H3,(H,26,27)/b19-12-. The highest BCUT2D eigenvalue weighted by Gasteiger charge is 2.34. The Hall–Kier alpha value is -3.98. The normalized spacial score (nSPS) is 15.9. The van der Waals surface area contributed by atoms with E-state index in [0.29, 0.717) is 31.9 Å². The minimum absolute atomic E-state index is 0.216. The molecule has 0 aliphatic carbocycles.